The average Bonchev–Trinajstić information content (AvgIpc) is 2.62. The van der Waals surface area contributed by atoms with Gasteiger partial charge in [0.1, 0.15) is 5.03 Å². The summed E-state index contributed by atoms with van der Waals surface area (Å²) in [6, 6.07) is 2.35. The minimum atomic E-state index is 0.447. The highest BCUT2D eigenvalue weighted by atomic mass is 32.2. The SMILES string of the molecule is Cc1ccnc(Sc2c(CNC(C)C)c(C)nn2C)n1. The Kier molecular flexibility index (Phi) is 4.77. The number of nitrogens with one attached hydrogen (secondary N) is 1. The molecule has 0 spiro atoms. The van der Waals surface area contributed by atoms with Gasteiger partial charge in [-0.25, -0.2) is 9.97 Å². The summed E-state index contributed by atoms with van der Waals surface area (Å²) in [5.74, 6) is 0. The number of nitrogens with zero attached hydrogens (tertiary/aromatic N) is 4. The molecule has 20 heavy (non-hydrogen) atoms. The summed E-state index contributed by atoms with van der Waals surface area (Å²) >= 11 is 1.57. The van der Waals surface area contributed by atoms with Gasteiger partial charge in [0.15, 0.2) is 5.16 Å². The topological polar surface area (TPSA) is 55.6 Å². The van der Waals surface area contributed by atoms with E-state index in [1.807, 2.05) is 31.6 Å². The van der Waals surface area contributed by atoms with Crippen LogP contribution in [0.3, 0.4) is 0 Å². The van der Waals surface area contributed by atoms with Gasteiger partial charge in [-0.05, 0) is 31.7 Å². The third-order valence-corrected chi connectivity index (χ3v) is 4.02. The third-order valence-electron chi connectivity index (χ3n) is 2.94. The van der Waals surface area contributed by atoms with E-state index in [1.165, 1.54) is 5.56 Å². The summed E-state index contributed by atoms with van der Waals surface area (Å²) in [6.07, 6.45) is 1.79. The molecule has 0 saturated heterocycles. The Morgan fingerprint density at radius 2 is 2.10 bits per heavy atom. The van der Waals surface area contributed by atoms with Crippen LogP contribution in [-0.2, 0) is 13.6 Å². The quantitative estimate of drug-likeness (QED) is 0.858. The smallest absolute Gasteiger partial charge is 0.194 e. The van der Waals surface area contributed by atoms with Crippen molar-refractivity contribution in [2.45, 2.75) is 50.5 Å². The summed E-state index contributed by atoms with van der Waals surface area (Å²) in [6.45, 7) is 9.11. The molecule has 0 amide bonds. The van der Waals surface area contributed by atoms with Crippen LogP contribution in [0, 0.1) is 13.8 Å². The van der Waals surface area contributed by atoms with Gasteiger partial charge in [-0.1, -0.05) is 13.8 Å². The molecule has 0 aliphatic rings. The molecule has 0 aromatic carbocycles. The molecule has 2 rings (SSSR count). The highest BCUT2D eigenvalue weighted by Gasteiger charge is 2.15. The zero-order chi connectivity index (χ0) is 14.7. The maximum atomic E-state index is 4.51. The Morgan fingerprint density at radius 3 is 2.75 bits per heavy atom. The predicted molar refractivity (Wildman–Crippen MR) is 80.8 cm³/mol. The number of aromatic nitrogens is 4. The molecule has 0 atom stereocenters. The second-order valence-electron chi connectivity index (χ2n) is 5.11. The fourth-order valence-electron chi connectivity index (χ4n) is 1.88. The number of hydrogen-bond donors (Lipinski definition) is 1. The fraction of sp³-hybridized carbons (Fsp3) is 0.500. The van der Waals surface area contributed by atoms with E-state index in [2.05, 4.69) is 34.2 Å². The summed E-state index contributed by atoms with van der Waals surface area (Å²) in [5, 5.41) is 9.81. The summed E-state index contributed by atoms with van der Waals surface area (Å²) in [4.78, 5) is 8.76. The Labute approximate surface area is 124 Å². The van der Waals surface area contributed by atoms with Gasteiger partial charge in [-0.3, -0.25) is 4.68 Å². The molecule has 0 fully saturated rings. The summed E-state index contributed by atoms with van der Waals surface area (Å²) < 4.78 is 1.91. The van der Waals surface area contributed by atoms with Crippen LogP contribution in [0.2, 0.25) is 0 Å². The standard InChI is InChI=1S/C14H21N5S/c1-9(2)16-8-12-11(4)18-19(5)13(12)20-14-15-7-6-10(3)17-14/h6-7,9,16H,8H2,1-5H3. The van der Waals surface area contributed by atoms with E-state index in [0.717, 1.165) is 28.1 Å². The van der Waals surface area contributed by atoms with Crippen molar-refractivity contribution in [3.63, 3.8) is 0 Å². The molecular weight excluding hydrogens is 270 g/mol. The molecule has 5 nitrogen and oxygen atoms in total. The lowest BCUT2D eigenvalue weighted by atomic mass is 10.2. The van der Waals surface area contributed by atoms with Gasteiger partial charge >= 0.3 is 0 Å². The van der Waals surface area contributed by atoms with Crippen LogP contribution >= 0.6 is 11.8 Å². The Bertz CT molecular complexity index is 591. The zero-order valence-electron chi connectivity index (χ0n) is 12.6. The second-order valence-corrected chi connectivity index (χ2v) is 6.07. The van der Waals surface area contributed by atoms with Gasteiger partial charge in [0, 0.05) is 37.1 Å². The van der Waals surface area contributed by atoms with E-state index < -0.39 is 0 Å². The molecule has 2 heterocycles. The molecule has 1 N–H and O–H groups in total. The van der Waals surface area contributed by atoms with Crippen molar-refractivity contribution in [1.29, 1.82) is 0 Å². The van der Waals surface area contributed by atoms with E-state index in [9.17, 15) is 0 Å². The minimum absolute atomic E-state index is 0.447. The van der Waals surface area contributed by atoms with E-state index in [0.29, 0.717) is 6.04 Å². The highest BCUT2D eigenvalue weighted by Crippen LogP contribution is 2.29. The van der Waals surface area contributed by atoms with Gasteiger partial charge in [0.2, 0.25) is 0 Å². The molecule has 0 aliphatic carbocycles. The highest BCUT2D eigenvalue weighted by molar-refractivity contribution is 7.99. The summed E-state index contributed by atoms with van der Waals surface area (Å²) in [5.41, 5.74) is 3.25. The van der Waals surface area contributed by atoms with E-state index in [4.69, 9.17) is 0 Å². The van der Waals surface area contributed by atoms with Crippen molar-refractivity contribution in [2.24, 2.45) is 7.05 Å². The average molecular weight is 291 g/mol. The lowest BCUT2D eigenvalue weighted by molar-refractivity contribution is 0.580. The van der Waals surface area contributed by atoms with Crippen LogP contribution in [-0.4, -0.2) is 25.8 Å². The lowest BCUT2D eigenvalue weighted by Gasteiger charge is -2.09. The number of aryl methyl sites for hydroxylation is 3. The van der Waals surface area contributed by atoms with Gasteiger partial charge < -0.3 is 5.32 Å². The van der Waals surface area contributed by atoms with Crippen molar-refractivity contribution in [3.8, 4) is 0 Å². The third kappa shape index (κ3) is 3.58. The molecular formula is C14H21N5S. The molecule has 108 valence electrons. The number of rotatable bonds is 5. The van der Waals surface area contributed by atoms with Crippen molar-refractivity contribution in [1.82, 2.24) is 25.1 Å². The van der Waals surface area contributed by atoms with E-state index in [1.54, 1.807) is 18.0 Å². The van der Waals surface area contributed by atoms with Crippen LogP contribution in [0.1, 0.15) is 30.8 Å². The largest absolute Gasteiger partial charge is 0.310 e. The first kappa shape index (κ1) is 15.0. The molecule has 0 bridgehead atoms. The fourth-order valence-corrected chi connectivity index (χ4v) is 2.87. The normalized spacial score (nSPS) is 11.3. The number of hydrogen-bond acceptors (Lipinski definition) is 5. The molecule has 0 saturated carbocycles. The molecule has 6 heteroatoms. The minimum Gasteiger partial charge on any atom is -0.310 e. The lowest BCUT2D eigenvalue weighted by Crippen LogP contribution is -2.22. The van der Waals surface area contributed by atoms with Crippen molar-refractivity contribution in [2.75, 3.05) is 0 Å². The van der Waals surface area contributed by atoms with Crippen LogP contribution in [0.5, 0.6) is 0 Å². The predicted octanol–water partition coefficient (Wildman–Crippen LogP) is 2.48. The zero-order valence-corrected chi connectivity index (χ0v) is 13.5. The molecule has 0 radical (unpaired) electrons. The van der Waals surface area contributed by atoms with Gasteiger partial charge in [0.05, 0.1) is 5.69 Å². The van der Waals surface area contributed by atoms with Crippen molar-refractivity contribution in [3.05, 3.63) is 29.2 Å². The van der Waals surface area contributed by atoms with Gasteiger partial charge in [-0.15, -0.1) is 0 Å². The molecule has 0 aliphatic heterocycles. The Hall–Kier alpha value is -1.40. The maximum absolute atomic E-state index is 4.51. The first-order chi connectivity index (χ1) is 9.47. The van der Waals surface area contributed by atoms with Crippen LogP contribution in [0.15, 0.2) is 22.4 Å². The van der Waals surface area contributed by atoms with E-state index >= 15 is 0 Å². The summed E-state index contributed by atoms with van der Waals surface area (Å²) in [7, 11) is 1.96. The second kappa shape index (κ2) is 6.37. The first-order valence-electron chi connectivity index (χ1n) is 6.70. The van der Waals surface area contributed by atoms with Crippen LogP contribution < -0.4 is 5.32 Å². The van der Waals surface area contributed by atoms with Crippen LogP contribution in [0.4, 0.5) is 0 Å². The Morgan fingerprint density at radius 1 is 1.35 bits per heavy atom. The van der Waals surface area contributed by atoms with Crippen LogP contribution in [0.25, 0.3) is 0 Å². The van der Waals surface area contributed by atoms with Crippen molar-refractivity contribution < 1.29 is 0 Å². The molecule has 2 aromatic rings. The Balaban J connectivity index is 2.26. The molecule has 0 unspecified atom stereocenters. The molecule has 2 aromatic heterocycles. The first-order valence-corrected chi connectivity index (χ1v) is 7.52. The monoisotopic (exact) mass is 291 g/mol. The van der Waals surface area contributed by atoms with Crippen molar-refractivity contribution >= 4 is 11.8 Å². The van der Waals surface area contributed by atoms with Gasteiger partial charge in [-0.2, -0.15) is 5.10 Å². The van der Waals surface area contributed by atoms with E-state index in [-0.39, 0.29) is 0 Å². The maximum Gasteiger partial charge on any atom is 0.194 e. The van der Waals surface area contributed by atoms with Gasteiger partial charge in [0.25, 0.3) is 0 Å².